The first-order valence-electron chi connectivity index (χ1n) is 5.64. The van der Waals surface area contributed by atoms with Gasteiger partial charge in [-0.25, -0.2) is 0 Å². The van der Waals surface area contributed by atoms with Crippen LogP contribution in [-0.4, -0.2) is 45.5 Å². The molecule has 1 aliphatic heterocycles. The summed E-state index contributed by atoms with van der Waals surface area (Å²) < 4.78 is 108. The third kappa shape index (κ3) is 2.29. The molecule has 0 bridgehead atoms. The highest BCUT2D eigenvalue weighted by Gasteiger charge is 2.84. The Morgan fingerprint density at radius 1 is 1.00 bits per heavy atom. The fourth-order valence-corrected chi connectivity index (χ4v) is 2.21. The van der Waals surface area contributed by atoms with Crippen LogP contribution in [0.15, 0.2) is 0 Å². The second-order valence-corrected chi connectivity index (χ2v) is 5.11. The SMILES string of the molecule is CCC1(C(F)(F)F)CC(C)(O)C(F)(F)C(O)(C(F)(F)F)O1. The van der Waals surface area contributed by atoms with Crippen molar-refractivity contribution in [1.82, 2.24) is 0 Å². The van der Waals surface area contributed by atoms with E-state index < -0.39 is 48.1 Å². The van der Waals surface area contributed by atoms with Gasteiger partial charge in [0.15, 0.2) is 5.60 Å². The van der Waals surface area contributed by atoms with Crippen molar-refractivity contribution in [3.8, 4) is 0 Å². The van der Waals surface area contributed by atoms with Crippen LogP contribution >= 0.6 is 0 Å². The number of halogens is 8. The molecule has 0 aromatic carbocycles. The molecule has 0 spiro atoms. The molecule has 1 heterocycles. The summed E-state index contributed by atoms with van der Waals surface area (Å²) >= 11 is 0. The van der Waals surface area contributed by atoms with E-state index >= 15 is 0 Å². The van der Waals surface area contributed by atoms with Gasteiger partial charge in [0.05, 0.1) is 0 Å². The first kappa shape index (κ1) is 18.4. The van der Waals surface area contributed by atoms with Crippen LogP contribution in [0.5, 0.6) is 0 Å². The fourth-order valence-electron chi connectivity index (χ4n) is 2.21. The Kier molecular flexibility index (Phi) is 3.86. The van der Waals surface area contributed by atoms with Gasteiger partial charge in [0, 0.05) is 6.42 Å². The lowest BCUT2D eigenvalue weighted by molar-refractivity contribution is -0.517. The van der Waals surface area contributed by atoms with Gasteiger partial charge in [-0.3, -0.25) is 0 Å². The maximum Gasteiger partial charge on any atom is 0.449 e. The van der Waals surface area contributed by atoms with E-state index in [2.05, 4.69) is 4.74 Å². The summed E-state index contributed by atoms with van der Waals surface area (Å²) in [6.07, 6.45) is -14.8. The van der Waals surface area contributed by atoms with Gasteiger partial charge in [-0.15, -0.1) is 0 Å². The van der Waals surface area contributed by atoms with Crippen molar-refractivity contribution in [2.75, 3.05) is 0 Å². The average Bonchev–Trinajstić information content (AvgIpc) is 2.22. The molecule has 0 amide bonds. The molecule has 0 aromatic heterocycles. The molecule has 0 aliphatic carbocycles. The molecule has 0 saturated carbocycles. The van der Waals surface area contributed by atoms with Crippen LogP contribution in [0.2, 0.25) is 0 Å². The van der Waals surface area contributed by atoms with Gasteiger partial charge in [-0.05, 0) is 13.3 Å². The van der Waals surface area contributed by atoms with Gasteiger partial charge in [0.2, 0.25) is 0 Å². The Morgan fingerprint density at radius 2 is 1.43 bits per heavy atom. The quantitative estimate of drug-likeness (QED) is 0.726. The lowest BCUT2D eigenvalue weighted by Gasteiger charge is -2.54. The van der Waals surface area contributed by atoms with Gasteiger partial charge in [0.25, 0.3) is 0 Å². The van der Waals surface area contributed by atoms with E-state index in [9.17, 15) is 40.2 Å². The molecule has 0 aromatic rings. The maximum atomic E-state index is 13.7. The molecule has 1 saturated heterocycles. The Morgan fingerprint density at radius 3 is 1.71 bits per heavy atom. The molecule has 1 fully saturated rings. The summed E-state index contributed by atoms with van der Waals surface area (Å²) in [5.41, 5.74) is -7.55. The lowest BCUT2D eigenvalue weighted by atomic mass is 9.75. The second kappa shape index (κ2) is 4.42. The topological polar surface area (TPSA) is 49.7 Å². The molecule has 3 nitrogen and oxygen atoms in total. The van der Waals surface area contributed by atoms with Crippen molar-refractivity contribution >= 4 is 0 Å². The first-order valence-corrected chi connectivity index (χ1v) is 5.64. The Hall–Kier alpha value is -0.680. The van der Waals surface area contributed by atoms with Crippen molar-refractivity contribution in [3.63, 3.8) is 0 Å². The largest absolute Gasteiger partial charge is 0.449 e. The monoisotopic (exact) mass is 332 g/mol. The molecule has 21 heavy (non-hydrogen) atoms. The van der Waals surface area contributed by atoms with Crippen LogP contribution < -0.4 is 0 Å². The Balaban J connectivity index is 3.58. The van der Waals surface area contributed by atoms with Gasteiger partial charge in [-0.2, -0.15) is 35.1 Å². The minimum atomic E-state index is -6.26. The number of ether oxygens (including phenoxy) is 1. The minimum Gasteiger partial charge on any atom is -0.384 e. The predicted molar refractivity (Wildman–Crippen MR) is 51.4 cm³/mol. The van der Waals surface area contributed by atoms with Crippen molar-refractivity contribution in [1.29, 1.82) is 0 Å². The summed E-state index contributed by atoms with van der Waals surface area (Å²) in [7, 11) is 0. The summed E-state index contributed by atoms with van der Waals surface area (Å²) in [5.74, 6) is -10.9. The Bertz CT molecular complexity index is 416. The highest BCUT2D eigenvalue weighted by molar-refractivity contribution is 5.13. The summed E-state index contributed by atoms with van der Waals surface area (Å²) in [4.78, 5) is 0. The molecule has 3 unspecified atom stereocenters. The lowest BCUT2D eigenvalue weighted by Crippen LogP contribution is -2.78. The van der Waals surface area contributed by atoms with Crippen LogP contribution in [0.3, 0.4) is 0 Å². The molecule has 3 atom stereocenters. The average molecular weight is 332 g/mol. The smallest absolute Gasteiger partial charge is 0.384 e. The van der Waals surface area contributed by atoms with E-state index in [-0.39, 0.29) is 6.92 Å². The van der Waals surface area contributed by atoms with Crippen molar-refractivity contribution < 1.29 is 50.1 Å². The van der Waals surface area contributed by atoms with E-state index in [4.69, 9.17) is 5.11 Å². The van der Waals surface area contributed by atoms with E-state index in [1.807, 2.05) is 0 Å². The number of hydrogen-bond acceptors (Lipinski definition) is 3. The standard InChI is InChI=1S/C10H12F8O3/c1-3-6(9(13,14)15)4-5(2,19)7(11,12)8(20,21-6)10(16,17)18/h19-20H,3-4H2,1-2H3. The van der Waals surface area contributed by atoms with Crippen LogP contribution in [-0.2, 0) is 4.74 Å². The van der Waals surface area contributed by atoms with E-state index in [1.54, 1.807) is 0 Å². The zero-order valence-electron chi connectivity index (χ0n) is 10.7. The van der Waals surface area contributed by atoms with Crippen molar-refractivity contribution in [2.24, 2.45) is 0 Å². The third-order valence-electron chi connectivity index (χ3n) is 3.55. The molecule has 1 aliphatic rings. The second-order valence-electron chi connectivity index (χ2n) is 5.11. The summed E-state index contributed by atoms with van der Waals surface area (Å²) in [6.45, 7) is 0.826. The van der Waals surface area contributed by atoms with Crippen LogP contribution in [0, 0.1) is 0 Å². The molecule has 11 heteroatoms. The van der Waals surface area contributed by atoms with Gasteiger partial charge >= 0.3 is 24.1 Å². The van der Waals surface area contributed by atoms with Crippen LogP contribution in [0.1, 0.15) is 26.7 Å². The van der Waals surface area contributed by atoms with Gasteiger partial charge in [-0.1, -0.05) is 6.92 Å². The van der Waals surface area contributed by atoms with E-state index in [0.29, 0.717) is 0 Å². The first-order chi connectivity index (χ1) is 8.97. The zero-order valence-corrected chi connectivity index (χ0v) is 10.7. The number of rotatable bonds is 1. The highest BCUT2D eigenvalue weighted by Crippen LogP contribution is 2.59. The summed E-state index contributed by atoms with van der Waals surface area (Å²) in [6, 6.07) is 0. The highest BCUT2D eigenvalue weighted by atomic mass is 19.4. The molecular weight excluding hydrogens is 320 g/mol. The predicted octanol–water partition coefficient (Wildman–Crippen LogP) is 2.76. The molecule has 2 N–H and O–H groups in total. The molecular formula is C10H12F8O3. The minimum absolute atomic E-state index is 0.0857. The normalized spacial score (nSPS) is 41.1. The maximum absolute atomic E-state index is 13.7. The molecule has 1 rings (SSSR count). The zero-order chi connectivity index (χ0) is 17.1. The number of hydrogen-bond donors (Lipinski definition) is 2. The van der Waals surface area contributed by atoms with Gasteiger partial charge < -0.3 is 14.9 Å². The van der Waals surface area contributed by atoms with E-state index in [0.717, 1.165) is 6.92 Å². The Labute approximate surface area is 113 Å². The van der Waals surface area contributed by atoms with E-state index in [1.165, 1.54) is 0 Å². The van der Waals surface area contributed by atoms with Gasteiger partial charge in [0.1, 0.15) is 5.60 Å². The number of aliphatic hydroxyl groups is 2. The van der Waals surface area contributed by atoms with Crippen LogP contribution in [0.25, 0.3) is 0 Å². The molecule has 0 radical (unpaired) electrons. The van der Waals surface area contributed by atoms with Crippen molar-refractivity contribution in [2.45, 2.75) is 62.0 Å². The fraction of sp³-hybridized carbons (Fsp3) is 1.00. The third-order valence-corrected chi connectivity index (χ3v) is 3.55. The van der Waals surface area contributed by atoms with Crippen molar-refractivity contribution in [3.05, 3.63) is 0 Å². The summed E-state index contributed by atoms with van der Waals surface area (Å²) in [5, 5.41) is 18.6. The molecule has 126 valence electrons. The van der Waals surface area contributed by atoms with Crippen LogP contribution in [0.4, 0.5) is 35.1 Å². The number of alkyl halides is 8.